The zero-order valence-electron chi connectivity index (χ0n) is 10.5. The zero-order valence-corrected chi connectivity index (χ0v) is 12.0. The third-order valence-electron chi connectivity index (χ3n) is 3.71. The monoisotopic (exact) mass is 326 g/mol. The van der Waals surface area contributed by atoms with E-state index in [9.17, 15) is 4.79 Å². The Hall–Kier alpha value is -1.21. The molecule has 0 aromatic carbocycles. The van der Waals surface area contributed by atoms with Gasteiger partial charge < -0.3 is 4.74 Å². The lowest BCUT2D eigenvalue weighted by atomic mass is 9.82. The van der Waals surface area contributed by atoms with Crippen LogP contribution in [-0.4, -0.2) is 37.7 Å². The quantitative estimate of drug-likeness (QED) is 0.792. The number of nitrogens with zero attached hydrogens (tertiary/aromatic N) is 4. The summed E-state index contributed by atoms with van der Waals surface area (Å²) in [4.78, 5) is 16.2. The molecule has 0 saturated carbocycles. The van der Waals surface area contributed by atoms with Crippen LogP contribution < -0.4 is 5.69 Å². The number of aromatic nitrogens is 4. The Labute approximate surface area is 118 Å². The summed E-state index contributed by atoms with van der Waals surface area (Å²) in [5.41, 5.74) is 0.529. The Kier molecular flexibility index (Phi) is 3.40. The maximum Gasteiger partial charge on any atom is 0.350 e. The standard InChI is InChI=1S/C12H15BrN4O2/c13-8-12(1-5-19-6-2-12)9-17-11(18)16-4-3-14-7-10(16)15-17/h3-4,7H,1-2,5-6,8-9H2. The molecule has 0 unspecified atom stereocenters. The van der Waals surface area contributed by atoms with Crippen LogP contribution in [0, 0.1) is 5.41 Å². The van der Waals surface area contributed by atoms with Gasteiger partial charge in [0.1, 0.15) is 0 Å². The molecule has 7 heteroatoms. The molecule has 1 aliphatic rings. The molecule has 1 fully saturated rings. The van der Waals surface area contributed by atoms with Gasteiger partial charge in [-0.2, -0.15) is 0 Å². The molecule has 0 amide bonds. The first-order valence-electron chi connectivity index (χ1n) is 6.27. The third-order valence-corrected chi connectivity index (χ3v) is 4.90. The van der Waals surface area contributed by atoms with E-state index in [-0.39, 0.29) is 11.1 Å². The Bertz CT molecular complexity index is 630. The molecule has 0 aliphatic carbocycles. The van der Waals surface area contributed by atoms with Gasteiger partial charge in [-0.15, -0.1) is 5.10 Å². The molecule has 1 aliphatic heterocycles. The van der Waals surface area contributed by atoms with Crippen molar-refractivity contribution in [1.29, 1.82) is 0 Å². The molecule has 6 nitrogen and oxygen atoms in total. The molecule has 0 spiro atoms. The fraction of sp³-hybridized carbons (Fsp3) is 0.583. The highest BCUT2D eigenvalue weighted by molar-refractivity contribution is 9.09. The predicted octanol–water partition coefficient (Wildman–Crippen LogP) is 1.08. The molecular weight excluding hydrogens is 312 g/mol. The molecule has 19 heavy (non-hydrogen) atoms. The largest absolute Gasteiger partial charge is 0.381 e. The van der Waals surface area contributed by atoms with Gasteiger partial charge >= 0.3 is 5.69 Å². The van der Waals surface area contributed by atoms with Crippen molar-refractivity contribution in [1.82, 2.24) is 19.2 Å². The Morgan fingerprint density at radius 3 is 2.89 bits per heavy atom. The minimum Gasteiger partial charge on any atom is -0.381 e. The van der Waals surface area contributed by atoms with E-state index in [1.807, 2.05) is 0 Å². The van der Waals surface area contributed by atoms with Crippen molar-refractivity contribution >= 4 is 21.6 Å². The van der Waals surface area contributed by atoms with Crippen LogP contribution in [0.3, 0.4) is 0 Å². The number of alkyl halides is 1. The SMILES string of the molecule is O=c1n(CC2(CBr)CCOCC2)nc2cnccn12. The van der Waals surface area contributed by atoms with Gasteiger partial charge in [0.2, 0.25) is 0 Å². The van der Waals surface area contributed by atoms with Gasteiger partial charge in [-0.3, -0.25) is 4.98 Å². The van der Waals surface area contributed by atoms with E-state index in [4.69, 9.17) is 4.74 Å². The first-order valence-corrected chi connectivity index (χ1v) is 7.39. The number of halogens is 1. The molecular formula is C12H15BrN4O2. The fourth-order valence-electron chi connectivity index (χ4n) is 2.44. The van der Waals surface area contributed by atoms with Gasteiger partial charge in [0.25, 0.3) is 0 Å². The first kappa shape index (κ1) is 12.8. The summed E-state index contributed by atoms with van der Waals surface area (Å²) < 4.78 is 8.48. The van der Waals surface area contributed by atoms with Gasteiger partial charge in [0, 0.05) is 36.4 Å². The Balaban J connectivity index is 1.96. The summed E-state index contributed by atoms with van der Waals surface area (Å²) in [5, 5.41) is 5.19. The summed E-state index contributed by atoms with van der Waals surface area (Å²) in [6.07, 6.45) is 6.72. The van der Waals surface area contributed by atoms with Gasteiger partial charge in [0.05, 0.1) is 12.7 Å². The van der Waals surface area contributed by atoms with Crippen molar-refractivity contribution < 1.29 is 4.74 Å². The highest BCUT2D eigenvalue weighted by Gasteiger charge is 2.33. The topological polar surface area (TPSA) is 61.4 Å². The number of hydrogen-bond donors (Lipinski definition) is 0. The summed E-state index contributed by atoms with van der Waals surface area (Å²) in [6, 6.07) is 0. The molecule has 0 atom stereocenters. The fourth-order valence-corrected chi connectivity index (χ4v) is 3.18. The Morgan fingerprint density at radius 1 is 1.42 bits per heavy atom. The first-order chi connectivity index (χ1) is 9.24. The van der Waals surface area contributed by atoms with E-state index in [0.717, 1.165) is 31.4 Å². The van der Waals surface area contributed by atoms with Crippen LogP contribution in [0.4, 0.5) is 0 Å². The van der Waals surface area contributed by atoms with Crippen molar-refractivity contribution in [3.05, 3.63) is 29.1 Å². The molecule has 3 heterocycles. The maximum atomic E-state index is 12.2. The van der Waals surface area contributed by atoms with Crippen LogP contribution in [-0.2, 0) is 11.3 Å². The molecule has 0 bridgehead atoms. The third kappa shape index (κ3) is 2.32. The van der Waals surface area contributed by atoms with Crippen molar-refractivity contribution in [3.63, 3.8) is 0 Å². The van der Waals surface area contributed by atoms with Crippen LogP contribution >= 0.6 is 15.9 Å². The smallest absolute Gasteiger partial charge is 0.350 e. The van der Waals surface area contributed by atoms with E-state index < -0.39 is 0 Å². The molecule has 102 valence electrons. The van der Waals surface area contributed by atoms with Crippen molar-refractivity contribution in [3.8, 4) is 0 Å². The maximum absolute atomic E-state index is 12.2. The van der Waals surface area contributed by atoms with E-state index in [1.165, 1.54) is 4.40 Å². The molecule has 1 saturated heterocycles. The summed E-state index contributed by atoms with van der Waals surface area (Å²) in [7, 11) is 0. The van der Waals surface area contributed by atoms with Crippen LogP contribution in [0.2, 0.25) is 0 Å². The second-order valence-corrected chi connectivity index (χ2v) is 5.55. The number of hydrogen-bond acceptors (Lipinski definition) is 4. The summed E-state index contributed by atoms with van der Waals surface area (Å²) in [6.45, 7) is 2.10. The van der Waals surface area contributed by atoms with Crippen LogP contribution in [0.25, 0.3) is 5.65 Å². The second kappa shape index (κ2) is 5.05. The molecule has 0 radical (unpaired) electrons. The van der Waals surface area contributed by atoms with Gasteiger partial charge in [0.15, 0.2) is 5.65 Å². The van der Waals surface area contributed by atoms with Gasteiger partial charge in [-0.1, -0.05) is 15.9 Å². The normalized spacial score (nSPS) is 18.8. The van der Waals surface area contributed by atoms with Crippen molar-refractivity contribution in [2.75, 3.05) is 18.5 Å². The minimum atomic E-state index is -0.107. The lowest BCUT2D eigenvalue weighted by molar-refractivity contribution is 0.0165. The Morgan fingerprint density at radius 2 is 2.21 bits per heavy atom. The van der Waals surface area contributed by atoms with Crippen LogP contribution in [0.5, 0.6) is 0 Å². The van der Waals surface area contributed by atoms with Crippen molar-refractivity contribution in [2.45, 2.75) is 19.4 Å². The van der Waals surface area contributed by atoms with Crippen LogP contribution in [0.15, 0.2) is 23.4 Å². The number of rotatable bonds is 3. The van der Waals surface area contributed by atoms with E-state index in [2.05, 4.69) is 26.0 Å². The number of ether oxygens (including phenoxy) is 1. The number of fused-ring (bicyclic) bond motifs is 1. The second-order valence-electron chi connectivity index (χ2n) is 4.99. The van der Waals surface area contributed by atoms with E-state index in [1.54, 1.807) is 23.3 Å². The predicted molar refractivity (Wildman–Crippen MR) is 73.5 cm³/mol. The van der Waals surface area contributed by atoms with Gasteiger partial charge in [-0.05, 0) is 12.8 Å². The summed E-state index contributed by atoms with van der Waals surface area (Å²) >= 11 is 3.58. The van der Waals surface area contributed by atoms with Crippen molar-refractivity contribution in [2.24, 2.45) is 5.41 Å². The zero-order chi connectivity index (χ0) is 13.3. The molecule has 3 rings (SSSR count). The summed E-state index contributed by atoms with van der Waals surface area (Å²) in [5.74, 6) is 0. The molecule has 2 aromatic rings. The minimum absolute atomic E-state index is 0.0490. The average molecular weight is 327 g/mol. The lowest BCUT2D eigenvalue weighted by Crippen LogP contribution is -2.38. The van der Waals surface area contributed by atoms with E-state index in [0.29, 0.717) is 12.2 Å². The molecule has 2 aromatic heterocycles. The highest BCUT2D eigenvalue weighted by atomic mass is 79.9. The average Bonchev–Trinajstić information content (AvgIpc) is 2.77. The van der Waals surface area contributed by atoms with E-state index >= 15 is 0 Å². The molecule has 0 N–H and O–H groups in total. The van der Waals surface area contributed by atoms with Gasteiger partial charge in [-0.25, -0.2) is 13.9 Å². The lowest BCUT2D eigenvalue weighted by Gasteiger charge is -2.35. The highest BCUT2D eigenvalue weighted by Crippen LogP contribution is 2.33. The van der Waals surface area contributed by atoms with Crippen LogP contribution in [0.1, 0.15) is 12.8 Å².